The lowest BCUT2D eigenvalue weighted by molar-refractivity contribution is -0.123. The van der Waals surface area contributed by atoms with Gasteiger partial charge in [-0.2, -0.15) is 0 Å². The monoisotopic (exact) mass is 389 g/mol. The summed E-state index contributed by atoms with van der Waals surface area (Å²) in [6.07, 6.45) is 0.237. The highest BCUT2D eigenvalue weighted by Crippen LogP contribution is 2.24. The molecule has 0 atom stereocenters. The van der Waals surface area contributed by atoms with Crippen molar-refractivity contribution in [2.24, 2.45) is 0 Å². The van der Waals surface area contributed by atoms with Gasteiger partial charge in [-0.1, -0.05) is 42.5 Å². The highest BCUT2D eigenvalue weighted by Gasteiger charge is 2.10. The first-order chi connectivity index (χ1) is 13.6. The number of benzene rings is 3. The van der Waals surface area contributed by atoms with Gasteiger partial charge in [-0.3, -0.25) is 9.59 Å². The fraction of sp³-hybridized carbons (Fsp3) is 0.136. The zero-order chi connectivity index (χ0) is 19.5. The summed E-state index contributed by atoms with van der Waals surface area (Å²) < 4.78 is 1.02. The van der Waals surface area contributed by atoms with Crippen LogP contribution in [0.5, 0.6) is 0 Å². The number of hydrogen-bond donors (Lipinski definition) is 2. The number of rotatable bonds is 5. The normalized spacial score (nSPS) is 10.9. The van der Waals surface area contributed by atoms with Crippen LogP contribution in [0, 0.1) is 6.92 Å². The maximum Gasteiger partial charge on any atom is 0.243 e. The maximum atomic E-state index is 12.3. The molecule has 0 unspecified atom stereocenters. The molecule has 0 aliphatic rings. The summed E-state index contributed by atoms with van der Waals surface area (Å²) in [5.74, 6) is -0.438. The Hall–Kier alpha value is -3.25. The second-order valence-electron chi connectivity index (χ2n) is 6.56. The SMILES string of the molecule is Cc1nc2ccc(NC(=O)CNC(=O)Cc3cccc4ccccc34)cc2s1. The molecule has 28 heavy (non-hydrogen) atoms. The second kappa shape index (κ2) is 7.78. The van der Waals surface area contributed by atoms with Gasteiger partial charge >= 0.3 is 0 Å². The summed E-state index contributed by atoms with van der Waals surface area (Å²) >= 11 is 1.58. The van der Waals surface area contributed by atoms with Gasteiger partial charge in [0.25, 0.3) is 0 Å². The van der Waals surface area contributed by atoms with Crippen LogP contribution in [-0.2, 0) is 16.0 Å². The Morgan fingerprint density at radius 3 is 2.71 bits per heavy atom. The van der Waals surface area contributed by atoms with Gasteiger partial charge in [-0.15, -0.1) is 11.3 Å². The number of fused-ring (bicyclic) bond motifs is 2. The Kier molecular flexibility index (Phi) is 5.04. The number of nitrogens with zero attached hydrogens (tertiary/aromatic N) is 1. The molecule has 4 aromatic rings. The van der Waals surface area contributed by atoms with Crippen molar-refractivity contribution in [1.82, 2.24) is 10.3 Å². The van der Waals surface area contributed by atoms with E-state index in [4.69, 9.17) is 0 Å². The molecule has 4 rings (SSSR count). The van der Waals surface area contributed by atoms with Crippen molar-refractivity contribution in [2.75, 3.05) is 11.9 Å². The Morgan fingerprint density at radius 1 is 1.00 bits per heavy atom. The number of carbonyl (C=O) groups is 2. The topological polar surface area (TPSA) is 71.1 Å². The summed E-state index contributed by atoms with van der Waals surface area (Å²) in [4.78, 5) is 28.9. The lowest BCUT2D eigenvalue weighted by atomic mass is 10.0. The molecule has 2 amide bonds. The van der Waals surface area contributed by atoms with Gasteiger partial charge in [0, 0.05) is 5.69 Å². The van der Waals surface area contributed by atoms with Crippen LogP contribution in [0.1, 0.15) is 10.6 Å². The van der Waals surface area contributed by atoms with Gasteiger partial charge < -0.3 is 10.6 Å². The van der Waals surface area contributed by atoms with Crippen molar-refractivity contribution >= 4 is 49.8 Å². The number of carbonyl (C=O) groups excluding carboxylic acids is 2. The molecule has 3 aromatic carbocycles. The molecule has 1 heterocycles. The fourth-order valence-electron chi connectivity index (χ4n) is 3.18. The number of amides is 2. The van der Waals surface area contributed by atoms with Crippen LogP contribution >= 0.6 is 11.3 Å². The van der Waals surface area contributed by atoms with Crippen LogP contribution in [0.15, 0.2) is 60.7 Å². The highest BCUT2D eigenvalue weighted by molar-refractivity contribution is 7.18. The maximum absolute atomic E-state index is 12.3. The van der Waals surface area contributed by atoms with E-state index in [0.29, 0.717) is 5.69 Å². The first-order valence-corrected chi connectivity index (χ1v) is 9.80. The molecule has 0 saturated heterocycles. The predicted octanol–water partition coefficient (Wildman–Crippen LogP) is 4.06. The number of nitrogens with one attached hydrogen (secondary N) is 2. The average Bonchev–Trinajstić information content (AvgIpc) is 3.06. The van der Waals surface area contributed by atoms with Crippen LogP contribution in [0.25, 0.3) is 21.0 Å². The summed E-state index contributed by atoms with van der Waals surface area (Å²) in [5.41, 5.74) is 2.57. The third-order valence-electron chi connectivity index (χ3n) is 4.46. The van der Waals surface area contributed by atoms with Crippen molar-refractivity contribution in [1.29, 1.82) is 0 Å². The molecule has 0 aliphatic heterocycles. The van der Waals surface area contributed by atoms with E-state index in [9.17, 15) is 9.59 Å². The van der Waals surface area contributed by atoms with E-state index in [2.05, 4.69) is 15.6 Å². The Morgan fingerprint density at radius 2 is 1.82 bits per heavy atom. The molecule has 0 bridgehead atoms. The van der Waals surface area contributed by atoms with Crippen LogP contribution < -0.4 is 10.6 Å². The number of hydrogen-bond acceptors (Lipinski definition) is 4. The first-order valence-electron chi connectivity index (χ1n) is 8.99. The predicted molar refractivity (Wildman–Crippen MR) is 114 cm³/mol. The largest absolute Gasteiger partial charge is 0.347 e. The molecule has 0 aliphatic carbocycles. The van der Waals surface area contributed by atoms with Crippen LogP contribution in [0.2, 0.25) is 0 Å². The second-order valence-corrected chi connectivity index (χ2v) is 7.79. The molecule has 0 spiro atoms. The van der Waals surface area contributed by atoms with E-state index in [1.165, 1.54) is 0 Å². The smallest absolute Gasteiger partial charge is 0.243 e. The van der Waals surface area contributed by atoms with Crippen LogP contribution in [0.3, 0.4) is 0 Å². The molecule has 0 fully saturated rings. The Labute approximate surface area is 166 Å². The minimum Gasteiger partial charge on any atom is -0.347 e. The Balaban J connectivity index is 1.35. The summed E-state index contributed by atoms with van der Waals surface area (Å²) in [6, 6.07) is 19.4. The van der Waals surface area contributed by atoms with Gasteiger partial charge in [0.05, 0.1) is 28.2 Å². The van der Waals surface area contributed by atoms with E-state index in [0.717, 1.165) is 31.6 Å². The molecule has 5 nitrogen and oxygen atoms in total. The van der Waals surface area contributed by atoms with Crippen molar-refractivity contribution in [3.05, 3.63) is 71.2 Å². The lowest BCUT2D eigenvalue weighted by Gasteiger charge is -2.09. The third kappa shape index (κ3) is 4.02. The van der Waals surface area contributed by atoms with Gasteiger partial charge in [0.2, 0.25) is 11.8 Å². The summed E-state index contributed by atoms with van der Waals surface area (Å²) in [7, 11) is 0. The quantitative estimate of drug-likeness (QED) is 0.541. The minimum absolute atomic E-state index is 0.0661. The first kappa shape index (κ1) is 18.1. The average molecular weight is 389 g/mol. The van der Waals surface area contributed by atoms with E-state index < -0.39 is 0 Å². The third-order valence-corrected chi connectivity index (χ3v) is 5.39. The molecule has 2 N–H and O–H groups in total. The summed E-state index contributed by atoms with van der Waals surface area (Å²) in [6.45, 7) is 1.89. The van der Waals surface area contributed by atoms with Crippen LogP contribution in [0.4, 0.5) is 5.69 Å². The standard InChI is InChI=1S/C22H19N3O2S/c1-14-24-19-10-9-17(12-20(19)28-14)25-22(27)13-23-21(26)11-16-7-4-6-15-5-2-3-8-18(15)16/h2-10,12H,11,13H2,1H3,(H,23,26)(H,25,27). The van der Waals surface area contributed by atoms with E-state index in [1.54, 1.807) is 11.3 Å². The molecule has 6 heteroatoms. The van der Waals surface area contributed by atoms with Crippen molar-refractivity contribution in [3.8, 4) is 0 Å². The summed E-state index contributed by atoms with van der Waals surface area (Å²) in [5, 5.41) is 8.65. The van der Waals surface area contributed by atoms with Gasteiger partial charge in [-0.25, -0.2) is 4.98 Å². The molecule has 140 valence electrons. The number of anilines is 1. The van der Waals surface area contributed by atoms with Gasteiger partial charge in [0.15, 0.2) is 0 Å². The fourth-order valence-corrected chi connectivity index (χ4v) is 4.05. The molecular weight excluding hydrogens is 370 g/mol. The van der Waals surface area contributed by atoms with E-state index in [-0.39, 0.29) is 24.8 Å². The number of aryl methyl sites for hydroxylation is 1. The van der Waals surface area contributed by atoms with Crippen LogP contribution in [-0.4, -0.2) is 23.3 Å². The van der Waals surface area contributed by atoms with Crippen molar-refractivity contribution in [3.63, 3.8) is 0 Å². The number of thiazole rings is 1. The van der Waals surface area contributed by atoms with E-state index in [1.807, 2.05) is 67.6 Å². The molecule has 0 saturated carbocycles. The molecule has 0 radical (unpaired) electrons. The molecular formula is C22H19N3O2S. The zero-order valence-corrected chi connectivity index (χ0v) is 16.2. The Bertz CT molecular complexity index is 1180. The number of aromatic nitrogens is 1. The van der Waals surface area contributed by atoms with Gasteiger partial charge in [-0.05, 0) is 41.5 Å². The van der Waals surface area contributed by atoms with E-state index >= 15 is 0 Å². The molecule has 1 aromatic heterocycles. The lowest BCUT2D eigenvalue weighted by Crippen LogP contribution is -2.33. The zero-order valence-electron chi connectivity index (χ0n) is 15.4. The van der Waals surface area contributed by atoms with Crippen molar-refractivity contribution in [2.45, 2.75) is 13.3 Å². The van der Waals surface area contributed by atoms with Crippen molar-refractivity contribution < 1.29 is 9.59 Å². The van der Waals surface area contributed by atoms with Gasteiger partial charge in [0.1, 0.15) is 0 Å². The highest BCUT2D eigenvalue weighted by atomic mass is 32.1. The minimum atomic E-state index is -0.258.